The van der Waals surface area contributed by atoms with E-state index in [1.807, 2.05) is 48.5 Å². The van der Waals surface area contributed by atoms with Crippen molar-refractivity contribution in [3.05, 3.63) is 70.4 Å². The predicted octanol–water partition coefficient (Wildman–Crippen LogP) is 4.13. The van der Waals surface area contributed by atoms with Crippen LogP contribution in [0.3, 0.4) is 0 Å². The molecule has 0 aliphatic carbocycles. The summed E-state index contributed by atoms with van der Waals surface area (Å²) in [6, 6.07) is 17.2. The molecule has 1 aromatic heterocycles. The molecule has 0 atom stereocenters. The van der Waals surface area contributed by atoms with Crippen molar-refractivity contribution in [2.24, 2.45) is 0 Å². The molecule has 1 N–H and O–H groups in total. The largest absolute Gasteiger partial charge is 0.451 e. The molecule has 4 heteroatoms. The van der Waals surface area contributed by atoms with Crippen LogP contribution in [0.4, 0.5) is 0 Å². The number of nitrogens with one attached hydrogen (secondary N) is 1. The fourth-order valence-corrected chi connectivity index (χ4v) is 2.37. The quantitative estimate of drug-likeness (QED) is 0.785. The first kappa shape index (κ1) is 12.9. The third-order valence-electron chi connectivity index (χ3n) is 3.00. The van der Waals surface area contributed by atoms with Gasteiger partial charge in [0.15, 0.2) is 5.76 Å². The molecule has 0 spiro atoms. The zero-order chi connectivity index (χ0) is 13.9. The number of fused-ring (bicyclic) bond motifs is 1. The number of benzene rings is 2. The second-order valence-electron chi connectivity index (χ2n) is 4.46. The Balaban J connectivity index is 1.75. The van der Waals surface area contributed by atoms with E-state index in [0.29, 0.717) is 17.9 Å². The maximum atomic E-state index is 12.1. The van der Waals surface area contributed by atoms with Crippen LogP contribution in [0.15, 0.2) is 63.5 Å². The van der Waals surface area contributed by atoms with E-state index in [9.17, 15) is 4.79 Å². The molecule has 0 unspecified atom stereocenters. The van der Waals surface area contributed by atoms with Crippen LogP contribution < -0.4 is 5.32 Å². The SMILES string of the molecule is O=C(NCc1ccccc1)c1cc2cc(Br)ccc2o1. The van der Waals surface area contributed by atoms with E-state index in [2.05, 4.69) is 21.2 Å². The van der Waals surface area contributed by atoms with Crippen LogP contribution in [-0.2, 0) is 6.54 Å². The number of amides is 1. The van der Waals surface area contributed by atoms with Gasteiger partial charge in [-0.1, -0.05) is 46.3 Å². The van der Waals surface area contributed by atoms with Gasteiger partial charge in [0, 0.05) is 16.4 Å². The van der Waals surface area contributed by atoms with Crippen LogP contribution in [0.5, 0.6) is 0 Å². The van der Waals surface area contributed by atoms with Crippen molar-refractivity contribution >= 4 is 32.8 Å². The summed E-state index contributed by atoms with van der Waals surface area (Å²) in [6.07, 6.45) is 0. The Labute approximate surface area is 124 Å². The Morgan fingerprint density at radius 1 is 1.10 bits per heavy atom. The number of halogens is 1. The van der Waals surface area contributed by atoms with Crippen molar-refractivity contribution in [2.75, 3.05) is 0 Å². The molecular weight excluding hydrogens is 318 g/mol. The molecule has 3 nitrogen and oxygen atoms in total. The van der Waals surface area contributed by atoms with Crippen molar-refractivity contribution in [1.29, 1.82) is 0 Å². The van der Waals surface area contributed by atoms with Crippen LogP contribution in [0.25, 0.3) is 11.0 Å². The van der Waals surface area contributed by atoms with Gasteiger partial charge in [-0.25, -0.2) is 0 Å². The van der Waals surface area contributed by atoms with Gasteiger partial charge in [0.25, 0.3) is 5.91 Å². The minimum absolute atomic E-state index is 0.207. The summed E-state index contributed by atoms with van der Waals surface area (Å²) in [4.78, 5) is 12.1. The molecule has 0 aliphatic rings. The fourth-order valence-electron chi connectivity index (χ4n) is 1.99. The highest BCUT2D eigenvalue weighted by Crippen LogP contribution is 2.23. The van der Waals surface area contributed by atoms with Gasteiger partial charge >= 0.3 is 0 Å². The van der Waals surface area contributed by atoms with Gasteiger partial charge in [0.1, 0.15) is 5.58 Å². The molecule has 0 aliphatic heterocycles. The van der Waals surface area contributed by atoms with Crippen molar-refractivity contribution in [2.45, 2.75) is 6.54 Å². The monoisotopic (exact) mass is 329 g/mol. The average Bonchev–Trinajstić information content (AvgIpc) is 2.89. The first-order chi connectivity index (χ1) is 9.72. The van der Waals surface area contributed by atoms with E-state index in [4.69, 9.17) is 4.42 Å². The highest BCUT2D eigenvalue weighted by atomic mass is 79.9. The molecule has 1 heterocycles. The van der Waals surface area contributed by atoms with Crippen LogP contribution >= 0.6 is 15.9 Å². The minimum Gasteiger partial charge on any atom is -0.451 e. The van der Waals surface area contributed by atoms with E-state index in [-0.39, 0.29) is 5.91 Å². The average molecular weight is 330 g/mol. The predicted molar refractivity (Wildman–Crippen MR) is 81.5 cm³/mol. The van der Waals surface area contributed by atoms with E-state index < -0.39 is 0 Å². The van der Waals surface area contributed by atoms with Crippen molar-refractivity contribution in [3.63, 3.8) is 0 Å². The van der Waals surface area contributed by atoms with E-state index >= 15 is 0 Å². The number of hydrogen-bond donors (Lipinski definition) is 1. The van der Waals surface area contributed by atoms with E-state index in [1.54, 1.807) is 6.07 Å². The van der Waals surface area contributed by atoms with Gasteiger partial charge in [-0.05, 0) is 29.8 Å². The third kappa shape index (κ3) is 2.75. The van der Waals surface area contributed by atoms with Gasteiger partial charge < -0.3 is 9.73 Å². The summed E-state index contributed by atoms with van der Waals surface area (Å²) in [6.45, 7) is 0.487. The molecule has 0 saturated heterocycles. The molecular formula is C16H12BrNO2. The molecule has 0 bridgehead atoms. The van der Waals surface area contributed by atoms with E-state index in [0.717, 1.165) is 15.4 Å². The Morgan fingerprint density at radius 3 is 2.70 bits per heavy atom. The maximum absolute atomic E-state index is 12.1. The lowest BCUT2D eigenvalue weighted by Gasteiger charge is -2.02. The summed E-state index contributed by atoms with van der Waals surface area (Å²) in [5.41, 5.74) is 1.76. The number of carbonyl (C=O) groups excluding carboxylic acids is 1. The number of hydrogen-bond acceptors (Lipinski definition) is 2. The molecule has 3 rings (SSSR count). The molecule has 0 fully saturated rings. The molecule has 2 aromatic carbocycles. The summed E-state index contributed by atoms with van der Waals surface area (Å²) in [7, 11) is 0. The first-order valence-electron chi connectivity index (χ1n) is 6.23. The molecule has 3 aromatic rings. The maximum Gasteiger partial charge on any atom is 0.287 e. The number of rotatable bonds is 3. The topological polar surface area (TPSA) is 42.2 Å². The van der Waals surface area contributed by atoms with Gasteiger partial charge in [-0.15, -0.1) is 0 Å². The number of carbonyl (C=O) groups is 1. The second kappa shape index (κ2) is 5.51. The molecule has 20 heavy (non-hydrogen) atoms. The zero-order valence-corrected chi connectivity index (χ0v) is 12.2. The Kier molecular flexibility index (Phi) is 3.56. The minimum atomic E-state index is -0.207. The summed E-state index contributed by atoms with van der Waals surface area (Å²) in [5.74, 6) is 0.121. The van der Waals surface area contributed by atoms with Crippen LogP contribution in [0.2, 0.25) is 0 Å². The standard InChI is InChI=1S/C16H12BrNO2/c17-13-6-7-14-12(8-13)9-15(20-14)16(19)18-10-11-4-2-1-3-5-11/h1-9H,10H2,(H,18,19). The fraction of sp³-hybridized carbons (Fsp3) is 0.0625. The highest BCUT2D eigenvalue weighted by molar-refractivity contribution is 9.10. The molecule has 0 radical (unpaired) electrons. The van der Waals surface area contributed by atoms with Gasteiger partial charge in [-0.2, -0.15) is 0 Å². The Bertz CT molecular complexity index is 750. The molecule has 0 saturated carbocycles. The summed E-state index contributed by atoms with van der Waals surface area (Å²) >= 11 is 3.40. The van der Waals surface area contributed by atoms with Crippen molar-refractivity contribution in [1.82, 2.24) is 5.32 Å². The third-order valence-corrected chi connectivity index (χ3v) is 3.49. The Hall–Kier alpha value is -2.07. The molecule has 100 valence electrons. The smallest absolute Gasteiger partial charge is 0.287 e. The number of furan rings is 1. The van der Waals surface area contributed by atoms with Crippen molar-refractivity contribution < 1.29 is 9.21 Å². The highest BCUT2D eigenvalue weighted by Gasteiger charge is 2.11. The van der Waals surface area contributed by atoms with Gasteiger partial charge in [0.2, 0.25) is 0 Å². The summed E-state index contributed by atoms with van der Waals surface area (Å²) < 4.78 is 6.50. The van der Waals surface area contributed by atoms with Crippen LogP contribution in [0.1, 0.15) is 16.1 Å². The van der Waals surface area contributed by atoms with Crippen LogP contribution in [-0.4, -0.2) is 5.91 Å². The summed E-state index contributed by atoms with van der Waals surface area (Å²) in [5, 5.41) is 3.75. The van der Waals surface area contributed by atoms with E-state index in [1.165, 1.54) is 0 Å². The lowest BCUT2D eigenvalue weighted by molar-refractivity contribution is 0.0925. The van der Waals surface area contributed by atoms with Gasteiger partial charge in [0.05, 0.1) is 0 Å². The zero-order valence-electron chi connectivity index (χ0n) is 10.6. The van der Waals surface area contributed by atoms with Crippen molar-refractivity contribution in [3.8, 4) is 0 Å². The normalized spacial score (nSPS) is 10.7. The van der Waals surface area contributed by atoms with Crippen LogP contribution in [0, 0.1) is 0 Å². The molecule has 1 amide bonds. The Morgan fingerprint density at radius 2 is 1.90 bits per heavy atom. The lowest BCUT2D eigenvalue weighted by atomic mass is 10.2. The lowest BCUT2D eigenvalue weighted by Crippen LogP contribution is -2.22. The first-order valence-corrected chi connectivity index (χ1v) is 7.03. The van der Waals surface area contributed by atoms with Gasteiger partial charge in [-0.3, -0.25) is 4.79 Å². The second-order valence-corrected chi connectivity index (χ2v) is 5.38.